The van der Waals surface area contributed by atoms with Crippen LogP contribution in [0.25, 0.3) is 0 Å². The topological polar surface area (TPSA) is 74.1 Å². The highest BCUT2D eigenvalue weighted by atomic mass is 32.2. The van der Waals surface area contributed by atoms with E-state index in [-0.39, 0.29) is 10.9 Å². The minimum atomic E-state index is -3.53. The molecule has 0 bridgehead atoms. The average Bonchev–Trinajstić information content (AvgIpc) is 2.94. The maximum atomic E-state index is 12.5. The quantitative estimate of drug-likeness (QED) is 0.779. The van der Waals surface area contributed by atoms with Crippen LogP contribution in [0.15, 0.2) is 35.7 Å². The van der Waals surface area contributed by atoms with E-state index < -0.39 is 9.84 Å². The van der Waals surface area contributed by atoms with Gasteiger partial charge < -0.3 is 9.30 Å². The Bertz CT molecular complexity index is 706. The van der Waals surface area contributed by atoms with Gasteiger partial charge in [-0.1, -0.05) is 38.1 Å². The lowest BCUT2D eigenvalue weighted by molar-refractivity contribution is 0.184. The number of nitrogens with zero attached hydrogens (tertiary/aromatic N) is 3. The Morgan fingerprint density at radius 1 is 1.23 bits per heavy atom. The van der Waals surface area contributed by atoms with Crippen molar-refractivity contribution < 1.29 is 13.2 Å². The molecule has 0 saturated carbocycles. The molecule has 0 saturated heterocycles. The van der Waals surface area contributed by atoms with Gasteiger partial charge in [0, 0.05) is 13.7 Å². The van der Waals surface area contributed by atoms with Gasteiger partial charge in [0.1, 0.15) is 6.33 Å². The van der Waals surface area contributed by atoms with Crippen LogP contribution in [0.1, 0.15) is 30.9 Å². The van der Waals surface area contributed by atoms with Crippen molar-refractivity contribution in [2.24, 2.45) is 0 Å². The Kier molecular flexibility index (Phi) is 5.31. The highest BCUT2D eigenvalue weighted by Crippen LogP contribution is 2.18. The molecule has 22 heavy (non-hydrogen) atoms. The van der Waals surface area contributed by atoms with Crippen molar-refractivity contribution in [1.29, 1.82) is 0 Å². The van der Waals surface area contributed by atoms with E-state index >= 15 is 0 Å². The van der Waals surface area contributed by atoms with E-state index in [1.165, 1.54) is 16.5 Å². The largest absolute Gasteiger partial charge is 0.383 e. The second kappa shape index (κ2) is 7.02. The van der Waals surface area contributed by atoms with Gasteiger partial charge in [-0.15, -0.1) is 10.2 Å². The van der Waals surface area contributed by atoms with Crippen molar-refractivity contribution in [2.75, 3.05) is 13.7 Å². The molecule has 2 rings (SSSR count). The van der Waals surface area contributed by atoms with Crippen LogP contribution >= 0.6 is 0 Å². The molecule has 0 N–H and O–H groups in total. The van der Waals surface area contributed by atoms with Gasteiger partial charge in [-0.2, -0.15) is 0 Å². The Labute approximate surface area is 131 Å². The van der Waals surface area contributed by atoms with Gasteiger partial charge in [0.15, 0.2) is 0 Å². The zero-order chi connectivity index (χ0) is 16.2. The second-order valence-electron chi connectivity index (χ2n) is 5.46. The summed E-state index contributed by atoms with van der Waals surface area (Å²) in [6.45, 7) is 5.02. The number of methoxy groups -OCH3 is 1. The van der Waals surface area contributed by atoms with E-state index in [2.05, 4.69) is 24.0 Å². The highest BCUT2D eigenvalue weighted by Gasteiger charge is 2.22. The number of hydrogen-bond donors (Lipinski definition) is 0. The summed E-state index contributed by atoms with van der Waals surface area (Å²) >= 11 is 0. The normalized spacial score (nSPS) is 12.0. The fraction of sp³-hybridized carbons (Fsp3) is 0.467. The fourth-order valence-corrected chi connectivity index (χ4v) is 3.54. The zero-order valence-electron chi connectivity index (χ0n) is 13.1. The Balaban J connectivity index is 2.19. The maximum Gasteiger partial charge on any atom is 0.249 e. The first-order valence-corrected chi connectivity index (χ1v) is 8.77. The van der Waals surface area contributed by atoms with E-state index in [0.29, 0.717) is 19.1 Å². The van der Waals surface area contributed by atoms with E-state index in [1.807, 2.05) is 24.3 Å². The minimum Gasteiger partial charge on any atom is -0.383 e. The van der Waals surface area contributed by atoms with Crippen LogP contribution in [-0.4, -0.2) is 36.9 Å². The third-order valence-electron chi connectivity index (χ3n) is 3.40. The summed E-state index contributed by atoms with van der Waals surface area (Å²) < 4.78 is 31.5. The van der Waals surface area contributed by atoms with E-state index in [4.69, 9.17) is 4.74 Å². The van der Waals surface area contributed by atoms with Gasteiger partial charge >= 0.3 is 0 Å². The lowest BCUT2D eigenvalue weighted by Gasteiger charge is -2.09. The molecule has 0 amide bonds. The van der Waals surface area contributed by atoms with Crippen molar-refractivity contribution >= 4 is 9.84 Å². The molecule has 0 atom stereocenters. The van der Waals surface area contributed by atoms with Gasteiger partial charge in [0.05, 0.1) is 12.4 Å². The highest BCUT2D eigenvalue weighted by molar-refractivity contribution is 7.90. The van der Waals surface area contributed by atoms with Crippen molar-refractivity contribution in [2.45, 2.75) is 37.2 Å². The van der Waals surface area contributed by atoms with Crippen molar-refractivity contribution in [1.82, 2.24) is 14.8 Å². The third-order valence-corrected chi connectivity index (χ3v) is 4.98. The smallest absolute Gasteiger partial charge is 0.249 e. The molecular weight excluding hydrogens is 302 g/mol. The summed E-state index contributed by atoms with van der Waals surface area (Å²) in [4.78, 5) is 0. The second-order valence-corrected chi connectivity index (χ2v) is 7.34. The predicted molar refractivity (Wildman–Crippen MR) is 83.3 cm³/mol. The monoisotopic (exact) mass is 323 g/mol. The van der Waals surface area contributed by atoms with E-state index in [1.54, 1.807) is 7.11 Å². The number of aromatic nitrogens is 3. The molecule has 2 aromatic rings. The fourth-order valence-electron chi connectivity index (χ4n) is 2.11. The van der Waals surface area contributed by atoms with Crippen LogP contribution in [0.2, 0.25) is 0 Å². The van der Waals surface area contributed by atoms with E-state index in [9.17, 15) is 8.42 Å². The molecule has 0 radical (unpaired) electrons. The van der Waals surface area contributed by atoms with Gasteiger partial charge in [-0.25, -0.2) is 8.42 Å². The number of hydrogen-bond acceptors (Lipinski definition) is 5. The van der Waals surface area contributed by atoms with E-state index in [0.717, 1.165) is 5.56 Å². The van der Waals surface area contributed by atoms with Gasteiger partial charge in [0.25, 0.3) is 0 Å². The summed E-state index contributed by atoms with van der Waals surface area (Å²) in [5, 5.41) is 7.43. The van der Waals surface area contributed by atoms with Crippen LogP contribution in [0, 0.1) is 0 Å². The van der Waals surface area contributed by atoms with Crippen molar-refractivity contribution in [3.05, 3.63) is 41.7 Å². The predicted octanol–water partition coefficient (Wildman–Crippen LogP) is 2.02. The zero-order valence-corrected chi connectivity index (χ0v) is 13.9. The van der Waals surface area contributed by atoms with Crippen LogP contribution in [0.3, 0.4) is 0 Å². The summed E-state index contributed by atoms with van der Waals surface area (Å²) in [6, 6.07) is 7.63. The summed E-state index contributed by atoms with van der Waals surface area (Å²) in [5.74, 6) is 0.333. The van der Waals surface area contributed by atoms with Gasteiger partial charge in [-0.3, -0.25) is 0 Å². The molecule has 1 aromatic carbocycles. The first-order chi connectivity index (χ1) is 10.4. The van der Waals surface area contributed by atoms with Crippen molar-refractivity contribution in [3.63, 3.8) is 0 Å². The van der Waals surface area contributed by atoms with Crippen molar-refractivity contribution in [3.8, 4) is 0 Å². The van der Waals surface area contributed by atoms with Crippen LogP contribution < -0.4 is 0 Å². The molecular formula is C15H21N3O3S. The van der Waals surface area contributed by atoms with Gasteiger partial charge in [0.2, 0.25) is 15.0 Å². The number of benzene rings is 1. The standard InChI is InChI=1S/C15H21N3O3S/c1-12(2)14-6-4-13(5-7-14)10-22(19,20)15-17-16-11-18(15)8-9-21-3/h4-7,11-12H,8-10H2,1-3H3. The third kappa shape index (κ3) is 3.92. The SMILES string of the molecule is COCCn1cnnc1S(=O)(=O)Cc1ccc(C(C)C)cc1. The first-order valence-electron chi connectivity index (χ1n) is 7.12. The molecule has 1 heterocycles. The lowest BCUT2D eigenvalue weighted by Crippen LogP contribution is -2.14. The number of sulfone groups is 1. The molecule has 6 nitrogen and oxygen atoms in total. The maximum absolute atomic E-state index is 12.5. The Hall–Kier alpha value is -1.73. The molecule has 7 heteroatoms. The molecule has 0 aliphatic carbocycles. The molecule has 0 spiro atoms. The number of ether oxygens (including phenoxy) is 1. The molecule has 0 fully saturated rings. The van der Waals surface area contributed by atoms with Gasteiger partial charge in [-0.05, 0) is 17.0 Å². The summed E-state index contributed by atoms with van der Waals surface area (Å²) in [6.07, 6.45) is 1.41. The van der Waals surface area contributed by atoms with Crippen LogP contribution in [-0.2, 0) is 26.9 Å². The molecule has 120 valence electrons. The minimum absolute atomic E-state index is 0.0162. The summed E-state index contributed by atoms with van der Waals surface area (Å²) in [5.41, 5.74) is 1.93. The summed E-state index contributed by atoms with van der Waals surface area (Å²) in [7, 11) is -1.97. The van der Waals surface area contributed by atoms with Crippen LogP contribution in [0.5, 0.6) is 0 Å². The molecule has 0 aliphatic rings. The molecule has 1 aromatic heterocycles. The first kappa shape index (κ1) is 16.6. The van der Waals surface area contributed by atoms with Crippen LogP contribution in [0.4, 0.5) is 0 Å². The average molecular weight is 323 g/mol. The molecule has 0 unspecified atom stereocenters. The number of rotatable bonds is 7. The Morgan fingerprint density at radius 3 is 2.50 bits per heavy atom. The Morgan fingerprint density at radius 2 is 1.91 bits per heavy atom. The lowest BCUT2D eigenvalue weighted by atomic mass is 10.0. The molecule has 0 aliphatic heterocycles.